The van der Waals surface area contributed by atoms with Crippen molar-refractivity contribution in [2.45, 2.75) is 46.2 Å². The van der Waals surface area contributed by atoms with E-state index in [1.54, 1.807) is 18.3 Å². The number of rotatable bonds is 6. The number of hydrogen-bond donors (Lipinski definition) is 2. The normalized spacial score (nSPS) is 13.1. The summed E-state index contributed by atoms with van der Waals surface area (Å²) in [6.45, 7) is 7.81. The molecule has 0 unspecified atom stereocenters. The number of amides is 2. The van der Waals surface area contributed by atoms with Crippen LogP contribution in [0.4, 0.5) is 0 Å². The van der Waals surface area contributed by atoms with Crippen LogP contribution in [0.1, 0.15) is 40.8 Å². The van der Waals surface area contributed by atoms with Gasteiger partial charge in [-0.25, -0.2) is 0 Å². The molecule has 28 heavy (non-hydrogen) atoms. The molecule has 0 saturated carbocycles. The van der Waals surface area contributed by atoms with E-state index in [1.165, 1.54) is 9.75 Å². The van der Waals surface area contributed by atoms with Crippen LogP contribution in [0.15, 0.2) is 48.5 Å². The molecule has 3 rings (SSSR count). The molecule has 3 aromatic rings. The van der Waals surface area contributed by atoms with Gasteiger partial charge < -0.3 is 10.6 Å². The average Bonchev–Trinajstić information content (AvgIpc) is 3.00. The average molecular weight is 395 g/mol. The molecule has 4 nitrogen and oxygen atoms in total. The van der Waals surface area contributed by atoms with Gasteiger partial charge in [-0.3, -0.25) is 9.59 Å². The maximum Gasteiger partial charge on any atom is 0.242 e. The third-order valence-corrected chi connectivity index (χ3v) is 5.89. The molecule has 0 saturated heterocycles. The molecule has 1 heterocycles. The number of carbonyl (C=O) groups is 2. The summed E-state index contributed by atoms with van der Waals surface area (Å²) in [5, 5.41) is 7.99. The van der Waals surface area contributed by atoms with Gasteiger partial charge in [-0.2, -0.15) is 0 Å². The Kier molecular flexibility index (Phi) is 6.15. The van der Waals surface area contributed by atoms with Crippen LogP contribution < -0.4 is 10.6 Å². The summed E-state index contributed by atoms with van der Waals surface area (Å²) >= 11 is 1.72. The maximum atomic E-state index is 12.5. The van der Waals surface area contributed by atoms with Crippen LogP contribution in [0.2, 0.25) is 0 Å². The second-order valence-corrected chi connectivity index (χ2v) is 8.66. The summed E-state index contributed by atoms with van der Waals surface area (Å²) in [5.41, 5.74) is 2.09. The Morgan fingerprint density at radius 2 is 1.71 bits per heavy atom. The summed E-state index contributed by atoms with van der Waals surface area (Å²) in [5.74, 6) is -0.337. The largest absolute Gasteiger partial charge is 0.348 e. The SMILES string of the molecule is Cc1cc([C@H](C)NC(=O)[C@H](C)NC(=O)Cc2cccc3ccccc23)c(C)s1. The molecule has 0 spiro atoms. The van der Waals surface area contributed by atoms with Crippen molar-refractivity contribution in [3.63, 3.8) is 0 Å². The van der Waals surface area contributed by atoms with E-state index >= 15 is 0 Å². The number of fused-ring (bicyclic) bond motifs is 1. The lowest BCUT2D eigenvalue weighted by Gasteiger charge is -2.19. The number of benzene rings is 2. The Morgan fingerprint density at radius 1 is 1.00 bits per heavy atom. The van der Waals surface area contributed by atoms with Crippen LogP contribution in [0, 0.1) is 13.8 Å². The number of aryl methyl sites for hydroxylation is 2. The van der Waals surface area contributed by atoms with Gasteiger partial charge in [-0.15, -0.1) is 11.3 Å². The predicted octanol–water partition coefficient (Wildman–Crippen LogP) is 4.44. The highest BCUT2D eigenvalue weighted by Crippen LogP contribution is 2.26. The van der Waals surface area contributed by atoms with Gasteiger partial charge in [-0.05, 0) is 55.7 Å². The van der Waals surface area contributed by atoms with Crippen molar-refractivity contribution in [3.8, 4) is 0 Å². The van der Waals surface area contributed by atoms with Gasteiger partial charge in [-0.1, -0.05) is 42.5 Å². The molecular formula is C23H26N2O2S. The lowest BCUT2D eigenvalue weighted by molar-refractivity contribution is -0.128. The fourth-order valence-electron chi connectivity index (χ4n) is 3.47. The van der Waals surface area contributed by atoms with Crippen LogP contribution in [0.25, 0.3) is 10.8 Å². The van der Waals surface area contributed by atoms with Gasteiger partial charge in [0.1, 0.15) is 6.04 Å². The van der Waals surface area contributed by atoms with Gasteiger partial charge in [0.15, 0.2) is 0 Å². The minimum Gasteiger partial charge on any atom is -0.348 e. The van der Waals surface area contributed by atoms with Crippen LogP contribution in [0.3, 0.4) is 0 Å². The zero-order valence-electron chi connectivity index (χ0n) is 16.7. The van der Waals surface area contributed by atoms with E-state index in [0.29, 0.717) is 0 Å². The standard InChI is InChI=1S/C23H26N2O2S/c1-14-12-21(17(4)28-14)15(2)25-23(27)16(3)24-22(26)13-19-10-7-9-18-8-5-6-11-20(18)19/h5-12,15-16H,13H2,1-4H3,(H,24,26)(H,25,27)/t15-,16-/m0/s1. The van der Waals surface area contributed by atoms with Crippen molar-refractivity contribution in [3.05, 3.63) is 69.4 Å². The van der Waals surface area contributed by atoms with Crippen LogP contribution >= 0.6 is 11.3 Å². The lowest BCUT2D eigenvalue weighted by Crippen LogP contribution is -2.46. The quantitative estimate of drug-likeness (QED) is 0.649. The van der Waals surface area contributed by atoms with Crippen molar-refractivity contribution in [2.75, 3.05) is 0 Å². The number of hydrogen-bond acceptors (Lipinski definition) is 3. The van der Waals surface area contributed by atoms with Crippen LogP contribution in [-0.4, -0.2) is 17.9 Å². The fraction of sp³-hybridized carbons (Fsp3) is 0.304. The summed E-state index contributed by atoms with van der Waals surface area (Å²) in [4.78, 5) is 27.5. The summed E-state index contributed by atoms with van der Waals surface area (Å²) in [6, 6.07) is 15.4. The summed E-state index contributed by atoms with van der Waals surface area (Å²) < 4.78 is 0. The predicted molar refractivity (Wildman–Crippen MR) is 116 cm³/mol. The maximum absolute atomic E-state index is 12.5. The molecular weight excluding hydrogens is 368 g/mol. The van der Waals surface area contributed by atoms with E-state index in [4.69, 9.17) is 0 Å². The first-order valence-electron chi connectivity index (χ1n) is 9.48. The molecule has 0 aliphatic carbocycles. The zero-order chi connectivity index (χ0) is 20.3. The number of thiophene rings is 1. The second kappa shape index (κ2) is 8.57. The van der Waals surface area contributed by atoms with Crippen molar-refractivity contribution >= 4 is 33.9 Å². The molecule has 0 radical (unpaired) electrons. The number of carbonyl (C=O) groups excluding carboxylic acids is 2. The Morgan fingerprint density at radius 3 is 2.43 bits per heavy atom. The van der Waals surface area contributed by atoms with Crippen molar-refractivity contribution in [1.29, 1.82) is 0 Å². The van der Waals surface area contributed by atoms with E-state index in [1.807, 2.05) is 49.4 Å². The summed E-state index contributed by atoms with van der Waals surface area (Å²) in [7, 11) is 0. The monoisotopic (exact) mass is 394 g/mol. The van der Waals surface area contributed by atoms with Crippen LogP contribution in [-0.2, 0) is 16.0 Å². The van der Waals surface area contributed by atoms with Gasteiger partial charge in [0.2, 0.25) is 11.8 Å². The zero-order valence-corrected chi connectivity index (χ0v) is 17.5. The molecule has 1 aromatic heterocycles. The smallest absolute Gasteiger partial charge is 0.242 e. The van der Waals surface area contributed by atoms with Gasteiger partial charge in [0, 0.05) is 9.75 Å². The highest BCUT2D eigenvalue weighted by molar-refractivity contribution is 7.12. The molecule has 146 valence electrons. The Hall–Kier alpha value is -2.66. The van der Waals surface area contributed by atoms with Gasteiger partial charge >= 0.3 is 0 Å². The van der Waals surface area contributed by atoms with Crippen molar-refractivity contribution < 1.29 is 9.59 Å². The molecule has 0 bridgehead atoms. The fourth-order valence-corrected chi connectivity index (χ4v) is 4.50. The highest BCUT2D eigenvalue weighted by Gasteiger charge is 2.20. The third-order valence-electron chi connectivity index (χ3n) is 4.91. The molecule has 0 fully saturated rings. The molecule has 2 aromatic carbocycles. The highest BCUT2D eigenvalue weighted by atomic mass is 32.1. The van der Waals surface area contributed by atoms with Gasteiger partial charge in [0.05, 0.1) is 12.5 Å². The topological polar surface area (TPSA) is 58.2 Å². The number of nitrogens with one attached hydrogen (secondary N) is 2. The van der Waals surface area contributed by atoms with E-state index in [0.717, 1.165) is 21.9 Å². The van der Waals surface area contributed by atoms with E-state index < -0.39 is 6.04 Å². The first-order valence-corrected chi connectivity index (χ1v) is 10.3. The molecule has 0 aliphatic rings. The van der Waals surface area contributed by atoms with Crippen molar-refractivity contribution in [1.82, 2.24) is 10.6 Å². The Labute approximate surface area is 170 Å². The molecule has 5 heteroatoms. The molecule has 2 atom stereocenters. The second-order valence-electron chi connectivity index (χ2n) is 7.20. The summed E-state index contributed by atoms with van der Waals surface area (Å²) in [6.07, 6.45) is 0.247. The Bertz CT molecular complexity index is 1000. The minimum atomic E-state index is -0.593. The first kappa shape index (κ1) is 20.1. The first-order chi connectivity index (χ1) is 13.3. The van der Waals surface area contributed by atoms with E-state index in [-0.39, 0.29) is 24.3 Å². The van der Waals surface area contributed by atoms with Crippen molar-refractivity contribution in [2.24, 2.45) is 0 Å². The van der Waals surface area contributed by atoms with E-state index in [9.17, 15) is 9.59 Å². The molecule has 0 aliphatic heterocycles. The Balaban J connectivity index is 1.60. The van der Waals surface area contributed by atoms with Gasteiger partial charge in [0.25, 0.3) is 0 Å². The van der Waals surface area contributed by atoms with Crippen LogP contribution in [0.5, 0.6) is 0 Å². The third kappa shape index (κ3) is 4.60. The van der Waals surface area contributed by atoms with E-state index in [2.05, 4.69) is 30.5 Å². The lowest BCUT2D eigenvalue weighted by atomic mass is 10.0. The molecule has 2 N–H and O–H groups in total. The molecule has 2 amide bonds. The minimum absolute atomic E-state index is 0.0881.